The predicted molar refractivity (Wildman–Crippen MR) is 75.3 cm³/mol. The molecule has 0 radical (unpaired) electrons. The number of carbonyl (C=O) groups excluding carboxylic acids is 1. The van der Waals surface area contributed by atoms with E-state index in [1.54, 1.807) is 6.92 Å². The van der Waals surface area contributed by atoms with Crippen LogP contribution in [0.2, 0.25) is 0 Å². The van der Waals surface area contributed by atoms with Crippen LogP contribution in [0, 0.1) is 0 Å². The second-order valence-electron chi connectivity index (χ2n) is 4.91. The average molecular weight is 260 g/mol. The maximum absolute atomic E-state index is 11.5. The zero-order valence-corrected chi connectivity index (χ0v) is 11.3. The van der Waals surface area contributed by atoms with Crippen LogP contribution in [0.1, 0.15) is 47.1 Å². The first-order valence-electron chi connectivity index (χ1n) is 6.38. The Labute approximate surface area is 110 Å². The van der Waals surface area contributed by atoms with Gasteiger partial charge in [0.25, 0.3) is 0 Å². The number of hydrogen-bond acceptors (Lipinski definition) is 4. The van der Waals surface area contributed by atoms with Gasteiger partial charge >= 0.3 is 0 Å². The highest BCUT2D eigenvalue weighted by Crippen LogP contribution is 2.35. The van der Waals surface area contributed by atoms with Crippen molar-refractivity contribution in [3.8, 4) is 0 Å². The largest absolute Gasteiger partial charge is 0.397 e. The van der Waals surface area contributed by atoms with Crippen molar-refractivity contribution < 1.29 is 4.79 Å². The topological polar surface area (TPSA) is 56.0 Å². The van der Waals surface area contributed by atoms with Crippen molar-refractivity contribution in [2.24, 2.45) is 0 Å². The van der Waals surface area contributed by atoms with Gasteiger partial charge in [0.15, 0.2) is 5.78 Å². The number of fused-ring (bicyclic) bond motifs is 2. The van der Waals surface area contributed by atoms with Gasteiger partial charge in [-0.25, -0.2) is 4.98 Å². The minimum Gasteiger partial charge on any atom is -0.397 e. The van der Waals surface area contributed by atoms with E-state index >= 15 is 0 Å². The third-order valence-electron chi connectivity index (χ3n) is 3.57. The molecular formula is C14H16N2OS. The fraction of sp³-hybridized carbons (Fsp3) is 0.429. The van der Waals surface area contributed by atoms with E-state index in [9.17, 15) is 4.79 Å². The van der Waals surface area contributed by atoms with Crippen molar-refractivity contribution in [1.82, 2.24) is 4.98 Å². The summed E-state index contributed by atoms with van der Waals surface area (Å²) in [5, 5.41) is 0.964. The lowest BCUT2D eigenvalue weighted by molar-refractivity contribution is 0.102. The van der Waals surface area contributed by atoms with Crippen molar-refractivity contribution in [3.63, 3.8) is 0 Å². The number of nitrogens with two attached hydrogens (primary N) is 1. The number of carbonyl (C=O) groups is 1. The van der Waals surface area contributed by atoms with Gasteiger partial charge in [0, 0.05) is 18.0 Å². The lowest BCUT2D eigenvalue weighted by Gasteiger charge is -2.04. The fourth-order valence-electron chi connectivity index (χ4n) is 2.60. The van der Waals surface area contributed by atoms with Crippen LogP contribution in [0.3, 0.4) is 0 Å². The highest BCUT2D eigenvalue weighted by Gasteiger charge is 2.17. The van der Waals surface area contributed by atoms with Crippen LogP contribution in [0.5, 0.6) is 0 Å². The van der Waals surface area contributed by atoms with Crippen LogP contribution in [0.25, 0.3) is 10.2 Å². The van der Waals surface area contributed by atoms with Gasteiger partial charge in [-0.2, -0.15) is 0 Å². The van der Waals surface area contributed by atoms with E-state index in [0.717, 1.165) is 23.1 Å². The summed E-state index contributed by atoms with van der Waals surface area (Å²) in [6.45, 7) is 1.56. The number of ketones is 1. The minimum absolute atomic E-state index is 0.0331. The molecule has 0 amide bonds. The van der Waals surface area contributed by atoms with E-state index < -0.39 is 0 Å². The molecule has 0 aromatic carbocycles. The maximum atomic E-state index is 11.5. The molecule has 0 atom stereocenters. The minimum atomic E-state index is 0.0331. The molecular weight excluding hydrogens is 244 g/mol. The normalized spacial score (nSPS) is 15.4. The number of nitrogens with zero attached hydrogens (tertiary/aromatic N) is 1. The molecule has 0 saturated heterocycles. The van der Waals surface area contributed by atoms with E-state index in [1.165, 1.54) is 41.9 Å². The fourth-order valence-corrected chi connectivity index (χ4v) is 3.59. The monoisotopic (exact) mass is 260 g/mol. The van der Waals surface area contributed by atoms with Gasteiger partial charge in [0.1, 0.15) is 4.83 Å². The molecule has 4 heteroatoms. The number of aromatic nitrogens is 1. The van der Waals surface area contributed by atoms with E-state index in [2.05, 4.69) is 6.07 Å². The first kappa shape index (κ1) is 11.7. The summed E-state index contributed by atoms with van der Waals surface area (Å²) < 4.78 is 0. The van der Waals surface area contributed by atoms with Gasteiger partial charge in [-0.1, -0.05) is 6.42 Å². The summed E-state index contributed by atoms with van der Waals surface area (Å²) in [5.74, 6) is 0.0331. The Hall–Kier alpha value is -1.42. The summed E-state index contributed by atoms with van der Waals surface area (Å²) in [4.78, 5) is 17.8. The lowest BCUT2D eigenvalue weighted by atomic mass is 10.1. The Balaban J connectivity index is 2.22. The van der Waals surface area contributed by atoms with Gasteiger partial charge in [0.2, 0.25) is 0 Å². The zero-order chi connectivity index (χ0) is 12.7. The first-order chi connectivity index (χ1) is 8.66. The van der Waals surface area contributed by atoms with Crippen LogP contribution in [0.15, 0.2) is 6.07 Å². The Morgan fingerprint density at radius 2 is 2.11 bits per heavy atom. The van der Waals surface area contributed by atoms with Crippen LogP contribution >= 0.6 is 11.3 Å². The molecule has 0 saturated carbocycles. The van der Waals surface area contributed by atoms with Crippen molar-refractivity contribution in [3.05, 3.63) is 22.2 Å². The predicted octanol–water partition coefficient (Wildman–Crippen LogP) is 3.35. The standard InChI is InChI=1S/C14H16N2OS/c1-8(17)13-12(15)10-7-9-5-3-2-4-6-11(9)16-14(10)18-13/h7H,2-6,15H2,1H3. The Morgan fingerprint density at radius 1 is 1.33 bits per heavy atom. The van der Waals surface area contributed by atoms with Gasteiger partial charge in [-0.15, -0.1) is 11.3 Å². The van der Waals surface area contributed by atoms with Gasteiger partial charge in [0.05, 0.1) is 10.6 Å². The molecule has 94 valence electrons. The Bertz CT molecular complexity index is 630. The molecule has 3 nitrogen and oxygen atoms in total. The molecule has 0 spiro atoms. The molecule has 18 heavy (non-hydrogen) atoms. The van der Waals surface area contributed by atoms with Crippen LogP contribution in [-0.4, -0.2) is 10.8 Å². The van der Waals surface area contributed by atoms with Gasteiger partial charge in [-0.3, -0.25) is 4.79 Å². The highest BCUT2D eigenvalue weighted by atomic mass is 32.1. The molecule has 2 aromatic rings. The first-order valence-corrected chi connectivity index (χ1v) is 7.20. The lowest BCUT2D eigenvalue weighted by Crippen LogP contribution is -1.96. The third-order valence-corrected chi connectivity index (χ3v) is 4.79. The molecule has 1 aliphatic carbocycles. The molecule has 0 bridgehead atoms. The average Bonchev–Trinajstić information content (AvgIpc) is 2.53. The summed E-state index contributed by atoms with van der Waals surface area (Å²) in [6, 6.07) is 2.15. The SMILES string of the molecule is CC(=O)c1sc2nc3c(cc2c1N)CCCCC3. The zero-order valence-electron chi connectivity index (χ0n) is 10.5. The maximum Gasteiger partial charge on any atom is 0.171 e. The van der Waals surface area contributed by atoms with Crippen molar-refractivity contribution >= 4 is 33.0 Å². The van der Waals surface area contributed by atoms with Crippen molar-refractivity contribution in [2.45, 2.75) is 39.0 Å². The quantitative estimate of drug-likeness (QED) is 0.632. The molecule has 2 aromatic heterocycles. The van der Waals surface area contributed by atoms with Crippen LogP contribution < -0.4 is 5.73 Å². The summed E-state index contributed by atoms with van der Waals surface area (Å²) in [7, 11) is 0. The van der Waals surface area contributed by atoms with Crippen LogP contribution in [-0.2, 0) is 12.8 Å². The van der Waals surface area contributed by atoms with E-state index in [-0.39, 0.29) is 5.78 Å². The van der Waals surface area contributed by atoms with E-state index in [1.807, 2.05) is 0 Å². The molecule has 3 rings (SSSR count). The summed E-state index contributed by atoms with van der Waals surface area (Å²) in [6.07, 6.45) is 5.86. The number of nitrogen functional groups attached to an aromatic ring is 1. The number of pyridine rings is 1. The number of Topliss-reactive ketones (excluding diaryl/α,β-unsaturated/α-hetero) is 1. The second kappa shape index (κ2) is 4.35. The number of aryl methyl sites for hydroxylation is 2. The molecule has 2 heterocycles. The number of anilines is 1. The molecule has 1 aliphatic rings. The number of rotatable bonds is 1. The van der Waals surface area contributed by atoms with E-state index in [4.69, 9.17) is 10.7 Å². The smallest absolute Gasteiger partial charge is 0.171 e. The molecule has 0 unspecified atom stereocenters. The molecule has 2 N–H and O–H groups in total. The summed E-state index contributed by atoms with van der Waals surface area (Å²) >= 11 is 1.43. The highest BCUT2D eigenvalue weighted by molar-refractivity contribution is 7.21. The van der Waals surface area contributed by atoms with Crippen LogP contribution in [0.4, 0.5) is 5.69 Å². The molecule has 0 fully saturated rings. The van der Waals surface area contributed by atoms with Gasteiger partial charge < -0.3 is 5.73 Å². The van der Waals surface area contributed by atoms with Crippen molar-refractivity contribution in [2.75, 3.05) is 5.73 Å². The third kappa shape index (κ3) is 1.81. The molecule has 0 aliphatic heterocycles. The summed E-state index contributed by atoms with van der Waals surface area (Å²) in [5.41, 5.74) is 9.20. The Kier molecular flexibility index (Phi) is 2.82. The Morgan fingerprint density at radius 3 is 2.89 bits per heavy atom. The van der Waals surface area contributed by atoms with E-state index in [0.29, 0.717) is 10.6 Å². The second-order valence-corrected chi connectivity index (χ2v) is 5.91. The van der Waals surface area contributed by atoms with Crippen molar-refractivity contribution in [1.29, 1.82) is 0 Å². The number of thiophene rings is 1. The number of hydrogen-bond donors (Lipinski definition) is 1. The van der Waals surface area contributed by atoms with Gasteiger partial charge in [-0.05, 0) is 37.3 Å².